The second-order valence-corrected chi connectivity index (χ2v) is 6.30. The van der Waals surface area contributed by atoms with E-state index in [9.17, 15) is 4.79 Å². The Morgan fingerprint density at radius 1 is 0.857 bits per heavy atom. The van der Waals surface area contributed by atoms with Gasteiger partial charge >= 0.3 is 0 Å². The van der Waals surface area contributed by atoms with Gasteiger partial charge < -0.3 is 5.32 Å². The molecule has 0 spiro atoms. The number of carbonyl (C=O) groups is 1. The highest BCUT2D eigenvalue weighted by molar-refractivity contribution is 5.90. The number of carbonyl (C=O) groups excluding carboxylic acids is 1. The predicted octanol–water partition coefficient (Wildman–Crippen LogP) is 3.18. The fraction of sp³-hybridized carbons (Fsp3) is 0.0909. The number of hydrogen-bond donors (Lipinski definition) is 1. The minimum atomic E-state index is -0.305. The summed E-state index contributed by atoms with van der Waals surface area (Å²) in [5.41, 5.74) is 2.94. The van der Waals surface area contributed by atoms with Crippen molar-refractivity contribution < 1.29 is 4.79 Å². The number of para-hydroxylation sites is 1. The van der Waals surface area contributed by atoms with Crippen LogP contribution in [0.4, 0.5) is 0 Å². The quantitative estimate of drug-likeness (QED) is 0.567. The Morgan fingerprint density at radius 2 is 1.54 bits per heavy atom. The lowest BCUT2D eigenvalue weighted by atomic mass is 10.1. The zero-order valence-corrected chi connectivity index (χ0v) is 15.2. The van der Waals surface area contributed by atoms with Gasteiger partial charge in [0.25, 0.3) is 5.91 Å². The van der Waals surface area contributed by atoms with E-state index < -0.39 is 0 Å². The lowest BCUT2D eigenvalue weighted by Gasteiger charge is -2.05. The first kappa shape index (κ1) is 17.6. The Hall–Kier alpha value is -3.80. The number of rotatable bonds is 6. The molecule has 0 radical (unpaired) electrons. The number of pyridine rings is 1. The fourth-order valence-corrected chi connectivity index (χ4v) is 2.87. The van der Waals surface area contributed by atoms with Crippen molar-refractivity contribution in [3.05, 3.63) is 108 Å². The summed E-state index contributed by atoms with van der Waals surface area (Å²) >= 11 is 0. The Balaban J connectivity index is 1.60. The molecule has 1 amide bonds. The van der Waals surface area contributed by atoms with Crippen molar-refractivity contribution in [1.82, 2.24) is 25.1 Å². The van der Waals surface area contributed by atoms with Crippen LogP contribution < -0.4 is 5.32 Å². The molecule has 0 atom stereocenters. The van der Waals surface area contributed by atoms with Crippen molar-refractivity contribution in [2.24, 2.45) is 0 Å². The number of nitrogens with one attached hydrogen (secondary N) is 1. The van der Waals surface area contributed by atoms with Crippen molar-refractivity contribution >= 4 is 5.91 Å². The van der Waals surface area contributed by atoms with Crippen LogP contribution in [-0.4, -0.2) is 25.7 Å². The molecule has 1 N–H and O–H groups in total. The highest BCUT2D eigenvalue weighted by atomic mass is 16.2. The monoisotopic (exact) mass is 369 g/mol. The molecule has 0 fully saturated rings. The maximum absolute atomic E-state index is 12.6. The summed E-state index contributed by atoms with van der Waals surface area (Å²) < 4.78 is 1.73. The van der Waals surface area contributed by atoms with Crippen molar-refractivity contribution in [2.75, 3.05) is 0 Å². The number of amides is 1. The molecular weight excluding hydrogens is 350 g/mol. The van der Waals surface area contributed by atoms with E-state index in [1.807, 2.05) is 72.8 Å². The van der Waals surface area contributed by atoms with Crippen LogP contribution in [0.5, 0.6) is 0 Å². The first-order valence-electron chi connectivity index (χ1n) is 9.02. The normalized spacial score (nSPS) is 10.6. The van der Waals surface area contributed by atoms with Gasteiger partial charge in [-0.25, -0.2) is 9.67 Å². The van der Waals surface area contributed by atoms with Gasteiger partial charge in [-0.05, 0) is 35.4 Å². The van der Waals surface area contributed by atoms with Gasteiger partial charge in [0.05, 0.1) is 5.69 Å². The van der Waals surface area contributed by atoms with E-state index in [-0.39, 0.29) is 11.7 Å². The summed E-state index contributed by atoms with van der Waals surface area (Å²) in [6.45, 7) is 0.398. The number of benzene rings is 2. The van der Waals surface area contributed by atoms with Crippen LogP contribution in [0.2, 0.25) is 0 Å². The van der Waals surface area contributed by atoms with Gasteiger partial charge in [-0.3, -0.25) is 9.78 Å². The molecule has 0 saturated carbocycles. The number of nitrogens with zero attached hydrogens (tertiary/aromatic N) is 4. The Kier molecular flexibility index (Phi) is 5.20. The van der Waals surface area contributed by atoms with Gasteiger partial charge in [0, 0.05) is 25.4 Å². The standard InChI is InChI=1S/C22H19N5O/c28-22(24-16-18-11-13-23-14-12-18)21-25-20(15-17-7-3-1-4-8-17)27(26-21)19-9-5-2-6-10-19/h1-14H,15-16H2,(H,24,28). The molecule has 28 heavy (non-hydrogen) atoms. The summed E-state index contributed by atoms with van der Waals surface area (Å²) in [5, 5.41) is 7.34. The first-order chi connectivity index (χ1) is 13.8. The van der Waals surface area contributed by atoms with Gasteiger partial charge in [-0.15, -0.1) is 5.10 Å². The van der Waals surface area contributed by atoms with E-state index in [2.05, 4.69) is 20.4 Å². The Bertz CT molecular complexity index is 1050. The molecule has 4 rings (SSSR count). The van der Waals surface area contributed by atoms with Gasteiger partial charge in [-0.2, -0.15) is 0 Å². The Labute approximate surface area is 162 Å². The zero-order valence-electron chi connectivity index (χ0n) is 15.2. The van der Waals surface area contributed by atoms with Crippen LogP contribution in [0.15, 0.2) is 85.2 Å². The maximum atomic E-state index is 12.6. The molecule has 0 unspecified atom stereocenters. The summed E-state index contributed by atoms with van der Waals surface area (Å²) in [5.74, 6) is 0.566. The van der Waals surface area contributed by atoms with Gasteiger partial charge in [0.15, 0.2) is 0 Å². The smallest absolute Gasteiger partial charge is 0.291 e. The van der Waals surface area contributed by atoms with Crippen LogP contribution >= 0.6 is 0 Å². The summed E-state index contributed by atoms with van der Waals surface area (Å²) in [7, 11) is 0. The molecule has 4 aromatic rings. The summed E-state index contributed by atoms with van der Waals surface area (Å²) in [6, 6.07) is 23.4. The van der Waals surface area contributed by atoms with Crippen molar-refractivity contribution in [3.63, 3.8) is 0 Å². The average molecular weight is 369 g/mol. The largest absolute Gasteiger partial charge is 0.345 e. The van der Waals surface area contributed by atoms with E-state index in [0.717, 1.165) is 16.8 Å². The molecule has 2 aromatic heterocycles. The van der Waals surface area contributed by atoms with Crippen molar-refractivity contribution in [3.8, 4) is 5.69 Å². The molecule has 6 nitrogen and oxygen atoms in total. The van der Waals surface area contributed by atoms with Crippen LogP contribution in [-0.2, 0) is 13.0 Å². The molecule has 0 saturated heterocycles. The lowest BCUT2D eigenvalue weighted by Crippen LogP contribution is -2.24. The number of aromatic nitrogens is 4. The molecule has 0 aliphatic heterocycles. The fourth-order valence-electron chi connectivity index (χ4n) is 2.87. The predicted molar refractivity (Wildman–Crippen MR) is 106 cm³/mol. The van der Waals surface area contributed by atoms with E-state index in [1.165, 1.54) is 0 Å². The second kappa shape index (κ2) is 8.26. The zero-order chi connectivity index (χ0) is 19.2. The highest BCUT2D eigenvalue weighted by Gasteiger charge is 2.17. The van der Waals surface area contributed by atoms with Crippen LogP contribution in [0.3, 0.4) is 0 Å². The molecule has 2 heterocycles. The van der Waals surface area contributed by atoms with Gasteiger partial charge in [-0.1, -0.05) is 48.5 Å². The molecule has 2 aromatic carbocycles. The van der Waals surface area contributed by atoms with Crippen molar-refractivity contribution in [1.29, 1.82) is 0 Å². The Morgan fingerprint density at radius 3 is 2.25 bits per heavy atom. The van der Waals surface area contributed by atoms with E-state index >= 15 is 0 Å². The summed E-state index contributed by atoms with van der Waals surface area (Å²) in [4.78, 5) is 21.1. The maximum Gasteiger partial charge on any atom is 0.291 e. The molecule has 0 aliphatic rings. The first-order valence-corrected chi connectivity index (χ1v) is 9.02. The average Bonchev–Trinajstić information content (AvgIpc) is 3.18. The molecule has 6 heteroatoms. The molecule has 0 bridgehead atoms. The highest BCUT2D eigenvalue weighted by Crippen LogP contribution is 2.14. The van der Waals surface area contributed by atoms with Crippen molar-refractivity contribution in [2.45, 2.75) is 13.0 Å². The van der Waals surface area contributed by atoms with Crippen LogP contribution in [0.1, 0.15) is 27.6 Å². The summed E-state index contributed by atoms with van der Waals surface area (Å²) in [6.07, 6.45) is 3.98. The molecular formula is C22H19N5O. The minimum Gasteiger partial charge on any atom is -0.345 e. The van der Waals surface area contributed by atoms with Gasteiger partial charge in [0.2, 0.25) is 5.82 Å². The van der Waals surface area contributed by atoms with E-state index in [0.29, 0.717) is 18.8 Å². The SMILES string of the molecule is O=C(NCc1ccncc1)c1nc(Cc2ccccc2)n(-c2ccccc2)n1. The third kappa shape index (κ3) is 4.12. The van der Waals surface area contributed by atoms with E-state index in [4.69, 9.17) is 0 Å². The lowest BCUT2D eigenvalue weighted by molar-refractivity contribution is 0.0940. The third-order valence-corrected chi connectivity index (χ3v) is 4.29. The minimum absolute atomic E-state index is 0.156. The van der Waals surface area contributed by atoms with Crippen LogP contribution in [0.25, 0.3) is 5.69 Å². The number of hydrogen-bond acceptors (Lipinski definition) is 4. The molecule has 138 valence electrons. The van der Waals surface area contributed by atoms with Crippen LogP contribution in [0, 0.1) is 0 Å². The van der Waals surface area contributed by atoms with Gasteiger partial charge in [0.1, 0.15) is 5.82 Å². The second-order valence-electron chi connectivity index (χ2n) is 6.30. The van der Waals surface area contributed by atoms with E-state index in [1.54, 1.807) is 17.1 Å². The molecule has 0 aliphatic carbocycles. The third-order valence-electron chi connectivity index (χ3n) is 4.29. The topological polar surface area (TPSA) is 72.7 Å².